The molecule has 0 saturated carbocycles. The van der Waals surface area contributed by atoms with Crippen LogP contribution in [-0.4, -0.2) is 35.8 Å². The van der Waals surface area contributed by atoms with E-state index in [9.17, 15) is 4.79 Å². The van der Waals surface area contributed by atoms with Crippen LogP contribution in [-0.2, 0) is 4.74 Å². The Kier molecular flexibility index (Phi) is 5.11. The number of hydrogen-bond acceptors (Lipinski definition) is 5. The molecule has 112 valence electrons. The van der Waals surface area contributed by atoms with Crippen molar-refractivity contribution in [2.24, 2.45) is 0 Å². The van der Waals surface area contributed by atoms with Gasteiger partial charge in [0.05, 0.1) is 17.8 Å². The van der Waals surface area contributed by atoms with Gasteiger partial charge in [0.15, 0.2) is 0 Å². The number of esters is 1. The number of ether oxygens (including phenoxy) is 1. The molecule has 0 saturated heterocycles. The number of aromatic nitrogens is 1. The van der Waals surface area contributed by atoms with Crippen LogP contribution in [0.3, 0.4) is 0 Å². The van der Waals surface area contributed by atoms with E-state index in [-0.39, 0.29) is 12.6 Å². The number of carbonyl (C=O) groups excluding carboxylic acids is 1. The molecule has 5 heteroatoms. The van der Waals surface area contributed by atoms with E-state index in [1.807, 2.05) is 25.1 Å². The standard InChI is InChI=1S/C16H20N2O3/c1-3-21-16(20)13-10-18-14-6-5-11(2)9-12(14)15(13)17-7-4-8-19/h5-6,9-10,19H,3-4,7-8H2,1-2H3,(H,17,18). The molecule has 0 unspecified atom stereocenters. The summed E-state index contributed by atoms with van der Waals surface area (Å²) in [5.74, 6) is -0.389. The number of anilines is 1. The lowest BCUT2D eigenvalue weighted by Gasteiger charge is -2.14. The van der Waals surface area contributed by atoms with Gasteiger partial charge in [-0.1, -0.05) is 11.6 Å². The number of aliphatic hydroxyl groups excluding tert-OH is 1. The van der Waals surface area contributed by atoms with Crippen molar-refractivity contribution >= 4 is 22.6 Å². The van der Waals surface area contributed by atoms with Gasteiger partial charge in [-0.15, -0.1) is 0 Å². The van der Waals surface area contributed by atoms with Gasteiger partial charge >= 0.3 is 5.97 Å². The van der Waals surface area contributed by atoms with E-state index in [0.29, 0.717) is 25.1 Å². The second kappa shape index (κ2) is 7.04. The number of rotatable bonds is 6. The minimum Gasteiger partial charge on any atom is -0.462 e. The van der Waals surface area contributed by atoms with Crippen LogP contribution < -0.4 is 5.32 Å². The molecule has 0 radical (unpaired) electrons. The summed E-state index contributed by atoms with van der Waals surface area (Å²) in [5.41, 5.74) is 3.05. The second-order valence-corrected chi connectivity index (χ2v) is 4.79. The average Bonchev–Trinajstić information content (AvgIpc) is 2.47. The first-order valence-corrected chi connectivity index (χ1v) is 7.08. The smallest absolute Gasteiger partial charge is 0.341 e. The van der Waals surface area contributed by atoms with E-state index >= 15 is 0 Å². The zero-order valence-corrected chi connectivity index (χ0v) is 12.3. The van der Waals surface area contributed by atoms with Crippen LogP contribution in [0.4, 0.5) is 5.69 Å². The molecule has 1 aromatic carbocycles. The Hall–Kier alpha value is -2.14. The Morgan fingerprint density at radius 2 is 2.24 bits per heavy atom. The minimum atomic E-state index is -0.389. The molecule has 1 heterocycles. The Labute approximate surface area is 124 Å². The molecule has 0 bridgehead atoms. The highest BCUT2D eigenvalue weighted by Crippen LogP contribution is 2.27. The highest BCUT2D eigenvalue weighted by molar-refractivity contribution is 6.05. The lowest BCUT2D eigenvalue weighted by atomic mass is 10.1. The van der Waals surface area contributed by atoms with Gasteiger partial charge in [0.2, 0.25) is 0 Å². The molecule has 1 aromatic heterocycles. The maximum atomic E-state index is 12.1. The number of carbonyl (C=O) groups is 1. The Morgan fingerprint density at radius 3 is 2.95 bits per heavy atom. The van der Waals surface area contributed by atoms with Crippen molar-refractivity contribution in [3.63, 3.8) is 0 Å². The normalized spacial score (nSPS) is 10.6. The van der Waals surface area contributed by atoms with E-state index in [4.69, 9.17) is 9.84 Å². The highest BCUT2D eigenvalue weighted by Gasteiger charge is 2.16. The SMILES string of the molecule is CCOC(=O)c1cnc2ccc(C)cc2c1NCCCO. The lowest BCUT2D eigenvalue weighted by molar-refractivity contribution is 0.0527. The van der Waals surface area contributed by atoms with Gasteiger partial charge in [-0.2, -0.15) is 0 Å². The Bertz CT molecular complexity index is 641. The number of aryl methyl sites for hydroxylation is 1. The molecule has 0 aliphatic carbocycles. The zero-order chi connectivity index (χ0) is 15.2. The summed E-state index contributed by atoms with van der Waals surface area (Å²) in [5, 5.41) is 13.0. The lowest BCUT2D eigenvalue weighted by Crippen LogP contribution is -2.12. The molecule has 0 spiro atoms. The van der Waals surface area contributed by atoms with Gasteiger partial charge in [0.1, 0.15) is 5.56 Å². The number of pyridine rings is 1. The maximum Gasteiger partial charge on any atom is 0.341 e. The summed E-state index contributed by atoms with van der Waals surface area (Å²) in [6.07, 6.45) is 2.15. The predicted octanol–water partition coefficient (Wildman–Crippen LogP) is 2.51. The zero-order valence-electron chi connectivity index (χ0n) is 12.3. The third kappa shape index (κ3) is 3.49. The maximum absolute atomic E-state index is 12.1. The van der Waals surface area contributed by atoms with Gasteiger partial charge in [-0.05, 0) is 32.4 Å². The third-order valence-corrected chi connectivity index (χ3v) is 3.16. The fourth-order valence-corrected chi connectivity index (χ4v) is 2.15. The summed E-state index contributed by atoms with van der Waals surface area (Å²) >= 11 is 0. The Morgan fingerprint density at radius 1 is 1.43 bits per heavy atom. The Balaban J connectivity index is 2.50. The van der Waals surface area contributed by atoms with Crippen LogP contribution in [0.25, 0.3) is 10.9 Å². The van der Waals surface area contributed by atoms with E-state index in [2.05, 4.69) is 10.3 Å². The number of hydrogen-bond donors (Lipinski definition) is 2. The van der Waals surface area contributed by atoms with Crippen LogP contribution >= 0.6 is 0 Å². The quantitative estimate of drug-likeness (QED) is 0.631. The summed E-state index contributed by atoms with van der Waals surface area (Å²) in [7, 11) is 0. The van der Waals surface area contributed by atoms with E-state index in [1.54, 1.807) is 6.92 Å². The van der Waals surface area contributed by atoms with Crippen molar-refractivity contribution in [2.75, 3.05) is 25.1 Å². The molecule has 0 atom stereocenters. The molecule has 2 aromatic rings. The first-order chi connectivity index (χ1) is 10.2. The molecule has 0 amide bonds. The molecule has 2 N–H and O–H groups in total. The van der Waals surface area contributed by atoms with Crippen molar-refractivity contribution in [1.82, 2.24) is 4.98 Å². The first-order valence-electron chi connectivity index (χ1n) is 7.08. The summed E-state index contributed by atoms with van der Waals surface area (Å²) in [6.45, 7) is 4.77. The van der Waals surface area contributed by atoms with Gasteiger partial charge in [-0.25, -0.2) is 4.79 Å². The first kappa shape index (κ1) is 15.3. The molecular formula is C16H20N2O3. The van der Waals surface area contributed by atoms with Crippen molar-refractivity contribution in [3.05, 3.63) is 35.5 Å². The van der Waals surface area contributed by atoms with E-state index in [1.165, 1.54) is 6.20 Å². The molecule has 0 aliphatic heterocycles. The molecule has 2 rings (SSSR count). The number of nitrogens with one attached hydrogen (secondary N) is 1. The van der Waals surface area contributed by atoms with E-state index in [0.717, 1.165) is 22.2 Å². The van der Waals surface area contributed by atoms with Gasteiger partial charge < -0.3 is 15.2 Å². The molecular weight excluding hydrogens is 268 g/mol. The topological polar surface area (TPSA) is 71.5 Å². The summed E-state index contributed by atoms with van der Waals surface area (Å²) < 4.78 is 5.09. The minimum absolute atomic E-state index is 0.101. The van der Waals surface area contributed by atoms with Gasteiger partial charge in [0.25, 0.3) is 0 Å². The number of fused-ring (bicyclic) bond motifs is 1. The number of aliphatic hydroxyl groups is 1. The van der Waals surface area contributed by atoms with Crippen molar-refractivity contribution in [3.8, 4) is 0 Å². The predicted molar refractivity (Wildman–Crippen MR) is 82.6 cm³/mol. The van der Waals surface area contributed by atoms with Crippen molar-refractivity contribution in [1.29, 1.82) is 0 Å². The fourth-order valence-electron chi connectivity index (χ4n) is 2.15. The van der Waals surface area contributed by atoms with Crippen LogP contribution in [0.1, 0.15) is 29.3 Å². The van der Waals surface area contributed by atoms with Crippen LogP contribution in [0, 0.1) is 6.92 Å². The molecule has 0 aliphatic rings. The monoisotopic (exact) mass is 288 g/mol. The van der Waals surface area contributed by atoms with Crippen LogP contribution in [0.2, 0.25) is 0 Å². The highest BCUT2D eigenvalue weighted by atomic mass is 16.5. The van der Waals surface area contributed by atoms with Gasteiger partial charge in [-0.3, -0.25) is 4.98 Å². The van der Waals surface area contributed by atoms with Crippen LogP contribution in [0.5, 0.6) is 0 Å². The van der Waals surface area contributed by atoms with Gasteiger partial charge in [0, 0.05) is 24.7 Å². The molecule has 5 nitrogen and oxygen atoms in total. The third-order valence-electron chi connectivity index (χ3n) is 3.16. The van der Waals surface area contributed by atoms with Crippen molar-refractivity contribution in [2.45, 2.75) is 20.3 Å². The summed E-state index contributed by atoms with van der Waals surface area (Å²) in [4.78, 5) is 16.4. The largest absolute Gasteiger partial charge is 0.462 e. The molecule has 0 fully saturated rings. The second-order valence-electron chi connectivity index (χ2n) is 4.79. The summed E-state index contributed by atoms with van der Waals surface area (Å²) in [6, 6.07) is 5.90. The fraction of sp³-hybridized carbons (Fsp3) is 0.375. The van der Waals surface area contributed by atoms with Crippen LogP contribution in [0.15, 0.2) is 24.4 Å². The average molecular weight is 288 g/mol. The number of benzene rings is 1. The van der Waals surface area contributed by atoms with Crippen molar-refractivity contribution < 1.29 is 14.6 Å². The number of nitrogens with zero attached hydrogens (tertiary/aromatic N) is 1. The van der Waals surface area contributed by atoms with E-state index < -0.39 is 0 Å². The molecule has 21 heavy (non-hydrogen) atoms.